The fourth-order valence-corrected chi connectivity index (χ4v) is 2.68. The molecule has 0 amide bonds. The van der Waals surface area contributed by atoms with Gasteiger partial charge in [-0.2, -0.15) is 11.3 Å². The van der Waals surface area contributed by atoms with Gasteiger partial charge in [0.15, 0.2) is 0 Å². The number of nitrogens with two attached hydrogens (primary N) is 1. The topological polar surface area (TPSA) is 26.0 Å². The van der Waals surface area contributed by atoms with Crippen LogP contribution in [0.15, 0.2) is 39.5 Å². The third-order valence-corrected chi connectivity index (χ3v) is 3.59. The molecule has 0 aliphatic carbocycles. The Morgan fingerprint density at radius 3 is 2.73 bits per heavy atom. The smallest absolute Gasteiger partial charge is 0.124 e. The lowest BCUT2D eigenvalue weighted by Gasteiger charge is -2.12. The predicted molar refractivity (Wildman–Crippen MR) is 64.4 cm³/mol. The molecular formula is C11H9BrFNS. The lowest BCUT2D eigenvalue weighted by Crippen LogP contribution is -2.11. The van der Waals surface area contributed by atoms with Crippen LogP contribution in [0.1, 0.15) is 17.2 Å². The van der Waals surface area contributed by atoms with Crippen molar-refractivity contribution in [2.24, 2.45) is 5.73 Å². The Morgan fingerprint density at radius 2 is 2.13 bits per heavy atom. The summed E-state index contributed by atoms with van der Waals surface area (Å²) in [6.07, 6.45) is 0. The summed E-state index contributed by atoms with van der Waals surface area (Å²) in [6.45, 7) is 0. The number of hydrogen-bond donors (Lipinski definition) is 1. The molecule has 1 aromatic heterocycles. The van der Waals surface area contributed by atoms with Crippen LogP contribution in [0, 0.1) is 5.82 Å². The Hall–Kier alpha value is -0.710. The zero-order chi connectivity index (χ0) is 10.8. The fourth-order valence-electron chi connectivity index (χ4n) is 1.39. The Balaban J connectivity index is 2.38. The Labute approximate surface area is 99.9 Å². The minimum absolute atomic E-state index is 0.203. The van der Waals surface area contributed by atoms with Crippen LogP contribution in [0.5, 0.6) is 0 Å². The van der Waals surface area contributed by atoms with Gasteiger partial charge in [0.05, 0.1) is 6.04 Å². The van der Waals surface area contributed by atoms with Gasteiger partial charge in [-0.15, -0.1) is 0 Å². The van der Waals surface area contributed by atoms with Crippen LogP contribution in [-0.2, 0) is 0 Å². The summed E-state index contributed by atoms with van der Waals surface area (Å²) in [6, 6.07) is 6.34. The van der Waals surface area contributed by atoms with Crippen molar-refractivity contribution in [2.45, 2.75) is 6.04 Å². The summed E-state index contributed by atoms with van der Waals surface area (Å²) in [4.78, 5) is 0. The monoisotopic (exact) mass is 285 g/mol. The first kappa shape index (κ1) is 10.8. The molecule has 0 saturated carbocycles. The van der Waals surface area contributed by atoms with E-state index in [1.807, 2.05) is 16.8 Å². The fraction of sp³-hybridized carbons (Fsp3) is 0.0909. The maximum Gasteiger partial charge on any atom is 0.124 e. The maximum atomic E-state index is 12.9. The van der Waals surface area contributed by atoms with E-state index in [9.17, 15) is 4.39 Å². The minimum atomic E-state index is -0.261. The maximum absolute atomic E-state index is 12.9. The first-order valence-electron chi connectivity index (χ1n) is 4.41. The zero-order valence-electron chi connectivity index (χ0n) is 7.78. The summed E-state index contributed by atoms with van der Waals surface area (Å²) >= 11 is 4.92. The van der Waals surface area contributed by atoms with Crippen molar-refractivity contribution < 1.29 is 4.39 Å². The number of halogens is 2. The minimum Gasteiger partial charge on any atom is -0.320 e. The van der Waals surface area contributed by atoms with Gasteiger partial charge in [0, 0.05) is 4.47 Å². The average molecular weight is 286 g/mol. The van der Waals surface area contributed by atoms with Crippen LogP contribution >= 0.6 is 27.3 Å². The molecule has 0 bridgehead atoms. The second-order valence-corrected chi connectivity index (χ2v) is 4.83. The molecule has 2 aromatic rings. The molecule has 0 saturated heterocycles. The van der Waals surface area contributed by atoms with Crippen molar-refractivity contribution in [3.8, 4) is 0 Å². The highest BCUT2D eigenvalue weighted by molar-refractivity contribution is 9.10. The second-order valence-electron chi connectivity index (χ2n) is 3.20. The van der Waals surface area contributed by atoms with Crippen LogP contribution in [0.3, 0.4) is 0 Å². The first-order valence-corrected chi connectivity index (χ1v) is 6.14. The van der Waals surface area contributed by atoms with Gasteiger partial charge < -0.3 is 5.73 Å². The molecule has 2 rings (SSSR count). The van der Waals surface area contributed by atoms with Crippen molar-refractivity contribution in [3.05, 3.63) is 56.4 Å². The highest BCUT2D eigenvalue weighted by Gasteiger charge is 2.12. The van der Waals surface area contributed by atoms with Crippen molar-refractivity contribution >= 4 is 27.3 Å². The van der Waals surface area contributed by atoms with E-state index in [0.717, 1.165) is 11.1 Å². The normalized spacial score (nSPS) is 12.7. The van der Waals surface area contributed by atoms with Crippen LogP contribution in [0.2, 0.25) is 0 Å². The van der Waals surface area contributed by atoms with Crippen LogP contribution < -0.4 is 5.73 Å². The molecule has 0 fully saturated rings. The zero-order valence-corrected chi connectivity index (χ0v) is 10.2. The molecular weight excluding hydrogens is 277 g/mol. The summed E-state index contributed by atoms with van der Waals surface area (Å²) < 4.78 is 13.6. The molecule has 0 spiro atoms. The predicted octanol–water partition coefficient (Wildman–Crippen LogP) is 3.70. The molecule has 0 aliphatic heterocycles. The summed E-state index contributed by atoms with van der Waals surface area (Å²) in [5.74, 6) is -0.261. The van der Waals surface area contributed by atoms with Crippen molar-refractivity contribution in [1.29, 1.82) is 0 Å². The van der Waals surface area contributed by atoms with Gasteiger partial charge in [-0.05, 0) is 40.1 Å². The lowest BCUT2D eigenvalue weighted by molar-refractivity contribution is 0.625. The molecule has 1 nitrogen and oxygen atoms in total. The van der Waals surface area contributed by atoms with Gasteiger partial charge in [-0.1, -0.05) is 22.0 Å². The summed E-state index contributed by atoms with van der Waals surface area (Å²) in [5.41, 5.74) is 8.01. The first-order chi connectivity index (χ1) is 7.18. The highest BCUT2D eigenvalue weighted by atomic mass is 79.9. The average Bonchev–Trinajstić information content (AvgIpc) is 2.69. The Morgan fingerprint density at radius 1 is 1.33 bits per heavy atom. The standard InChI is InChI=1S/C11H9BrFNS/c12-10-5-8(13)1-2-9(10)11(14)7-3-4-15-6-7/h1-6,11H,14H2. The number of benzene rings is 1. The van der Waals surface area contributed by atoms with E-state index in [1.54, 1.807) is 17.4 Å². The van der Waals surface area contributed by atoms with Gasteiger partial charge in [0.1, 0.15) is 5.82 Å². The largest absolute Gasteiger partial charge is 0.320 e. The van der Waals surface area contributed by atoms with E-state index >= 15 is 0 Å². The van der Waals surface area contributed by atoms with Crippen LogP contribution in [-0.4, -0.2) is 0 Å². The van der Waals surface area contributed by atoms with Crippen molar-refractivity contribution in [2.75, 3.05) is 0 Å². The molecule has 1 unspecified atom stereocenters. The Bertz CT molecular complexity index is 456. The molecule has 1 heterocycles. The molecule has 1 aromatic carbocycles. The summed E-state index contributed by atoms with van der Waals surface area (Å²) in [7, 11) is 0. The lowest BCUT2D eigenvalue weighted by atomic mass is 10.0. The van der Waals surface area contributed by atoms with Gasteiger partial charge in [0.2, 0.25) is 0 Å². The molecule has 1 atom stereocenters. The van der Waals surface area contributed by atoms with Gasteiger partial charge >= 0.3 is 0 Å². The Kier molecular flexibility index (Phi) is 3.19. The van der Waals surface area contributed by atoms with E-state index < -0.39 is 0 Å². The SMILES string of the molecule is NC(c1ccsc1)c1ccc(F)cc1Br. The number of rotatable bonds is 2. The number of hydrogen-bond acceptors (Lipinski definition) is 2. The molecule has 4 heteroatoms. The van der Waals surface area contributed by atoms with E-state index in [1.165, 1.54) is 12.1 Å². The molecule has 0 radical (unpaired) electrons. The van der Waals surface area contributed by atoms with E-state index in [0.29, 0.717) is 4.47 Å². The molecule has 15 heavy (non-hydrogen) atoms. The third-order valence-electron chi connectivity index (χ3n) is 2.20. The van der Waals surface area contributed by atoms with E-state index in [-0.39, 0.29) is 11.9 Å². The van der Waals surface area contributed by atoms with Gasteiger partial charge in [0.25, 0.3) is 0 Å². The summed E-state index contributed by atoms with van der Waals surface area (Å²) in [5, 5.41) is 3.98. The van der Waals surface area contributed by atoms with Crippen LogP contribution in [0.4, 0.5) is 4.39 Å². The van der Waals surface area contributed by atoms with E-state index in [2.05, 4.69) is 15.9 Å². The van der Waals surface area contributed by atoms with E-state index in [4.69, 9.17) is 5.73 Å². The molecule has 2 N–H and O–H groups in total. The van der Waals surface area contributed by atoms with Gasteiger partial charge in [-0.3, -0.25) is 0 Å². The third kappa shape index (κ3) is 2.27. The molecule has 78 valence electrons. The van der Waals surface area contributed by atoms with Crippen molar-refractivity contribution in [3.63, 3.8) is 0 Å². The second kappa shape index (κ2) is 4.43. The highest BCUT2D eigenvalue weighted by Crippen LogP contribution is 2.28. The number of thiophene rings is 1. The van der Waals surface area contributed by atoms with Crippen LogP contribution in [0.25, 0.3) is 0 Å². The quantitative estimate of drug-likeness (QED) is 0.895. The van der Waals surface area contributed by atoms with Crippen molar-refractivity contribution in [1.82, 2.24) is 0 Å². The molecule has 0 aliphatic rings. The van der Waals surface area contributed by atoms with Gasteiger partial charge in [-0.25, -0.2) is 4.39 Å².